The second kappa shape index (κ2) is 7.75. The van der Waals surface area contributed by atoms with E-state index >= 15 is 0 Å². The van der Waals surface area contributed by atoms with Gasteiger partial charge in [-0.15, -0.1) is 0 Å². The third-order valence-electron chi connectivity index (χ3n) is 4.70. The third kappa shape index (κ3) is 3.39. The Morgan fingerprint density at radius 1 is 1.03 bits per heavy atom. The smallest absolute Gasteiger partial charge is 0.282 e. The summed E-state index contributed by atoms with van der Waals surface area (Å²) in [6.45, 7) is 0. The highest BCUT2D eigenvalue weighted by molar-refractivity contribution is 6.08. The van der Waals surface area contributed by atoms with E-state index in [-0.39, 0.29) is 11.1 Å². The van der Waals surface area contributed by atoms with Crippen molar-refractivity contribution in [3.63, 3.8) is 0 Å². The third-order valence-corrected chi connectivity index (χ3v) is 4.70. The van der Waals surface area contributed by atoms with E-state index in [9.17, 15) is 9.59 Å². The Morgan fingerprint density at radius 2 is 1.80 bits per heavy atom. The maximum Gasteiger partial charge on any atom is 0.282 e. The summed E-state index contributed by atoms with van der Waals surface area (Å²) in [6.07, 6.45) is 3.29. The molecule has 0 saturated heterocycles. The van der Waals surface area contributed by atoms with Crippen LogP contribution in [0, 0.1) is 0 Å². The van der Waals surface area contributed by atoms with Crippen molar-refractivity contribution in [1.82, 2.24) is 14.3 Å². The molecule has 2 aliphatic rings. The van der Waals surface area contributed by atoms with Crippen molar-refractivity contribution in [3.8, 4) is 28.4 Å². The Hall–Kier alpha value is -4.07. The van der Waals surface area contributed by atoms with Gasteiger partial charge in [-0.1, -0.05) is 18.2 Å². The molecule has 1 N–H and O–H groups in total. The van der Waals surface area contributed by atoms with Crippen LogP contribution in [0.15, 0.2) is 65.7 Å². The number of hydrogen-bond donors (Lipinski definition) is 1. The van der Waals surface area contributed by atoms with E-state index in [1.807, 2.05) is 18.2 Å². The summed E-state index contributed by atoms with van der Waals surface area (Å²) >= 11 is 0. The number of rotatable bonds is 5. The fraction of sp³-hybridized carbons (Fsp3) is 0.136. The number of hydrogen-bond acceptors (Lipinski definition) is 5. The van der Waals surface area contributed by atoms with Crippen LogP contribution in [0.4, 0.5) is 5.69 Å². The molecule has 0 aliphatic carbocycles. The lowest BCUT2D eigenvalue weighted by Crippen LogP contribution is -2.17. The first-order valence-corrected chi connectivity index (χ1v) is 9.19. The predicted molar refractivity (Wildman–Crippen MR) is 113 cm³/mol. The molecule has 4 rings (SSSR count). The molecule has 30 heavy (non-hydrogen) atoms. The molecule has 0 bridgehead atoms. The van der Waals surface area contributed by atoms with Crippen molar-refractivity contribution in [1.29, 1.82) is 0 Å². The van der Waals surface area contributed by atoms with Gasteiger partial charge in [-0.05, 0) is 24.3 Å². The van der Waals surface area contributed by atoms with Crippen LogP contribution < -0.4 is 20.3 Å². The summed E-state index contributed by atoms with van der Waals surface area (Å²) in [5.74, 6) is 0.644. The van der Waals surface area contributed by atoms with Crippen LogP contribution in [0.2, 0.25) is 0 Å². The summed E-state index contributed by atoms with van der Waals surface area (Å²) in [5.41, 5.74) is 1.73. The number of carbonyl (C=O) groups excluding carboxylic acids is 1. The van der Waals surface area contributed by atoms with Gasteiger partial charge in [0.2, 0.25) is 0 Å². The number of nitrogens with one attached hydrogen (secondary N) is 1. The molecule has 0 atom stereocenters. The lowest BCUT2D eigenvalue weighted by Gasteiger charge is -2.13. The van der Waals surface area contributed by atoms with Crippen molar-refractivity contribution in [2.75, 3.05) is 19.5 Å². The van der Waals surface area contributed by atoms with Gasteiger partial charge in [0.15, 0.2) is 0 Å². The highest BCUT2D eigenvalue weighted by Crippen LogP contribution is 2.30. The van der Waals surface area contributed by atoms with Crippen molar-refractivity contribution in [3.05, 3.63) is 76.8 Å². The summed E-state index contributed by atoms with van der Waals surface area (Å²) in [6, 6.07) is 14.2. The van der Waals surface area contributed by atoms with Gasteiger partial charge in [0, 0.05) is 25.5 Å². The standard InChI is InChI=1S/C22H20N4O4/c1-25-12-16(21(27)23-18-11-15(29-2)9-10-19(18)30-3)20-17(13-25)22(28)26(24-20)14-7-5-4-6-8-14/h4-13H,1-3H3,(H,23,27). The molecule has 0 spiro atoms. The molecule has 2 aromatic carbocycles. The quantitative estimate of drug-likeness (QED) is 0.553. The maximum atomic E-state index is 13.1. The normalized spacial score (nSPS) is 10.8. The van der Waals surface area contributed by atoms with Gasteiger partial charge in [0.05, 0.1) is 36.7 Å². The fourth-order valence-corrected chi connectivity index (χ4v) is 3.25. The molecule has 0 unspecified atom stereocenters. The minimum Gasteiger partial charge on any atom is -0.497 e. The average molecular weight is 404 g/mol. The molecule has 0 saturated carbocycles. The maximum absolute atomic E-state index is 13.1. The molecule has 0 aromatic heterocycles. The van der Waals surface area contributed by atoms with Gasteiger partial charge >= 0.3 is 0 Å². The second-order valence-corrected chi connectivity index (χ2v) is 6.67. The number of aromatic nitrogens is 3. The number of carbonyl (C=O) groups is 1. The minimum atomic E-state index is -0.416. The number of para-hydroxylation sites is 1. The van der Waals surface area contributed by atoms with E-state index in [2.05, 4.69) is 10.4 Å². The van der Waals surface area contributed by atoms with Crippen LogP contribution in [0.3, 0.4) is 0 Å². The fourth-order valence-electron chi connectivity index (χ4n) is 3.25. The topological polar surface area (TPSA) is 87.4 Å². The Kier molecular flexibility index (Phi) is 4.97. The van der Waals surface area contributed by atoms with Crippen LogP contribution in [0.1, 0.15) is 10.4 Å². The summed E-state index contributed by atoms with van der Waals surface area (Å²) < 4.78 is 13.5. The van der Waals surface area contributed by atoms with E-state index in [1.165, 1.54) is 11.8 Å². The Labute approximate surface area is 172 Å². The zero-order chi connectivity index (χ0) is 21.3. The monoisotopic (exact) mass is 404 g/mol. The first-order valence-electron chi connectivity index (χ1n) is 9.19. The highest BCUT2D eigenvalue weighted by Gasteiger charge is 2.24. The number of amides is 1. The lowest BCUT2D eigenvalue weighted by atomic mass is 10.1. The number of benzene rings is 2. The van der Waals surface area contributed by atoms with Crippen LogP contribution in [-0.4, -0.2) is 34.5 Å². The number of nitrogens with zero attached hydrogens (tertiary/aromatic N) is 3. The predicted octanol–water partition coefficient (Wildman–Crippen LogP) is 2.95. The zero-order valence-corrected chi connectivity index (χ0v) is 16.7. The number of pyridine rings is 1. The zero-order valence-electron chi connectivity index (χ0n) is 16.7. The number of methoxy groups -OCH3 is 2. The largest absolute Gasteiger partial charge is 0.497 e. The SMILES string of the molecule is COc1ccc(OC)c(NC(=O)c2cn(C)cc3c(=O)n(-c4ccccc4)nc2-3)c1. The Bertz CT molecular complexity index is 1240. The molecule has 0 fully saturated rings. The molecule has 2 aromatic rings. The summed E-state index contributed by atoms with van der Waals surface area (Å²) in [5, 5.41) is 7.27. The van der Waals surface area contributed by atoms with Crippen molar-refractivity contribution in [2.24, 2.45) is 7.05 Å². The molecule has 8 heteroatoms. The lowest BCUT2D eigenvalue weighted by molar-refractivity contribution is 0.102. The first-order chi connectivity index (χ1) is 14.5. The molecule has 2 aliphatic heterocycles. The molecule has 152 valence electrons. The number of aryl methyl sites for hydroxylation is 1. The van der Waals surface area contributed by atoms with Gasteiger partial charge in [0.25, 0.3) is 11.5 Å². The molecule has 8 nitrogen and oxygen atoms in total. The number of fused-ring (bicyclic) bond motifs is 1. The average Bonchev–Trinajstić information content (AvgIpc) is 3.10. The van der Waals surface area contributed by atoms with Gasteiger partial charge < -0.3 is 19.4 Å². The summed E-state index contributed by atoms with van der Waals surface area (Å²) in [4.78, 5) is 26.1. The van der Waals surface area contributed by atoms with Crippen molar-refractivity contribution < 1.29 is 14.3 Å². The minimum absolute atomic E-state index is 0.270. The van der Waals surface area contributed by atoms with E-state index in [0.29, 0.717) is 34.1 Å². The van der Waals surface area contributed by atoms with Gasteiger partial charge in [-0.25, -0.2) is 0 Å². The Morgan fingerprint density at radius 3 is 2.50 bits per heavy atom. The number of ether oxygens (including phenoxy) is 2. The summed E-state index contributed by atoms with van der Waals surface area (Å²) in [7, 11) is 4.81. The van der Waals surface area contributed by atoms with Crippen LogP contribution in [-0.2, 0) is 7.05 Å². The van der Waals surface area contributed by atoms with E-state index < -0.39 is 5.91 Å². The van der Waals surface area contributed by atoms with Gasteiger partial charge in [-0.3, -0.25) is 9.59 Å². The van der Waals surface area contributed by atoms with Crippen LogP contribution in [0.5, 0.6) is 11.5 Å². The molecule has 2 heterocycles. The van der Waals surface area contributed by atoms with Gasteiger partial charge in [-0.2, -0.15) is 9.78 Å². The van der Waals surface area contributed by atoms with Gasteiger partial charge in [0.1, 0.15) is 17.2 Å². The molecule has 1 amide bonds. The van der Waals surface area contributed by atoms with Crippen LogP contribution >= 0.6 is 0 Å². The molecular weight excluding hydrogens is 384 g/mol. The number of anilines is 1. The second-order valence-electron chi connectivity index (χ2n) is 6.67. The highest BCUT2D eigenvalue weighted by atomic mass is 16.5. The molecular formula is C22H20N4O4. The van der Waals surface area contributed by atoms with Crippen molar-refractivity contribution >= 4 is 11.6 Å². The van der Waals surface area contributed by atoms with E-state index in [1.54, 1.807) is 61.5 Å². The Balaban J connectivity index is 1.79. The first kappa shape index (κ1) is 19.3. The molecule has 0 radical (unpaired) electrons. The van der Waals surface area contributed by atoms with Crippen molar-refractivity contribution in [2.45, 2.75) is 0 Å². The van der Waals surface area contributed by atoms with Crippen LogP contribution in [0.25, 0.3) is 16.9 Å². The van der Waals surface area contributed by atoms with E-state index in [0.717, 1.165) is 0 Å². The van der Waals surface area contributed by atoms with E-state index in [4.69, 9.17) is 9.47 Å².